The van der Waals surface area contributed by atoms with Gasteiger partial charge in [0.25, 0.3) is 0 Å². The maximum Gasteiger partial charge on any atom is 0.213 e. The Labute approximate surface area is 139 Å². The quantitative estimate of drug-likeness (QED) is 0.694. The van der Waals surface area contributed by atoms with E-state index in [2.05, 4.69) is 41.2 Å². The molecule has 5 heteroatoms. The van der Waals surface area contributed by atoms with Crippen LogP contribution in [0.15, 0.2) is 54.6 Å². The summed E-state index contributed by atoms with van der Waals surface area (Å²) in [4.78, 5) is 0. The number of rotatable bonds is 9. The molecular weight excluding hydrogens is 308 g/mol. The Balaban J connectivity index is 1.69. The molecule has 0 radical (unpaired) electrons. The van der Waals surface area contributed by atoms with Crippen molar-refractivity contribution in [2.24, 2.45) is 0 Å². The molecule has 0 aliphatic carbocycles. The Morgan fingerprint density at radius 1 is 0.826 bits per heavy atom. The zero-order chi connectivity index (χ0) is 16.5. The highest BCUT2D eigenvalue weighted by atomic mass is 32.2. The fraction of sp³-hybridized carbons (Fsp3) is 0.333. The lowest BCUT2D eigenvalue weighted by Crippen LogP contribution is -2.31. The molecule has 23 heavy (non-hydrogen) atoms. The Kier molecular flexibility index (Phi) is 6.77. The van der Waals surface area contributed by atoms with Crippen molar-refractivity contribution in [1.29, 1.82) is 0 Å². The lowest BCUT2D eigenvalue weighted by atomic mass is 10.1. The van der Waals surface area contributed by atoms with Gasteiger partial charge >= 0.3 is 0 Å². The number of hydrogen-bond donors (Lipinski definition) is 2. The molecule has 0 amide bonds. The van der Waals surface area contributed by atoms with Crippen LogP contribution in [0.4, 0.5) is 0 Å². The molecule has 0 saturated heterocycles. The summed E-state index contributed by atoms with van der Waals surface area (Å²) in [6, 6.07) is 17.9. The molecule has 0 unspecified atom stereocenters. The lowest BCUT2D eigenvalue weighted by Gasteiger charge is -2.08. The monoisotopic (exact) mass is 332 g/mol. The Morgan fingerprint density at radius 3 is 2.09 bits per heavy atom. The minimum atomic E-state index is -3.26. The molecule has 0 fully saturated rings. The number of aryl methyl sites for hydroxylation is 1. The summed E-state index contributed by atoms with van der Waals surface area (Å²) in [5, 5.41) is 3.17. The highest BCUT2D eigenvalue weighted by Gasteiger charge is 2.09. The van der Waals surface area contributed by atoms with Crippen LogP contribution in [0.25, 0.3) is 0 Å². The van der Waals surface area contributed by atoms with E-state index in [1.54, 1.807) is 0 Å². The van der Waals surface area contributed by atoms with Crippen LogP contribution in [0.5, 0.6) is 0 Å². The zero-order valence-electron chi connectivity index (χ0n) is 13.5. The summed E-state index contributed by atoms with van der Waals surface area (Å²) in [6.07, 6.45) is 1.03. The molecule has 0 atom stereocenters. The van der Waals surface area contributed by atoms with Crippen LogP contribution in [0, 0.1) is 0 Å². The molecule has 2 N–H and O–H groups in total. The third-order valence-electron chi connectivity index (χ3n) is 3.65. The first-order valence-corrected chi connectivity index (χ1v) is 9.54. The first kappa shape index (κ1) is 17.7. The van der Waals surface area contributed by atoms with Crippen LogP contribution in [0.1, 0.15) is 23.6 Å². The average Bonchev–Trinajstić information content (AvgIpc) is 2.58. The van der Waals surface area contributed by atoms with Gasteiger partial charge < -0.3 is 5.32 Å². The standard InChI is InChI=1S/C18H24N2O2S/c1-2-16-8-10-18(11-9-16)14-19-12-13-23(21,22)20-15-17-6-4-3-5-7-17/h3-11,19-20H,2,12-15H2,1H3. The fourth-order valence-corrected chi connectivity index (χ4v) is 3.14. The SMILES string of the molecule is CCc1ccc(CNCCS(=O)(=O)NCc2ccccc2)cc1. The number of nitrogens with one attached hydrogen (secondary N) is 2. The number of sulfonamides is 1. The molecule has 2 aromatic rings. The number of hydrogen-bond acceptors (Lipinski definition) is 3. The van der Waals surface area contributed by atoms with Crippen LogP contribution < -0.4 is 10.0 Å². The summed E-state index contributed by atoms with van der Waals surface area (Å²) < 4.78 is 26.5. The normalized spacial score (nSPS) is 11.5. The summed E-state index contributed by atoms with van der Waals surface area (Å²) >= 11 is 0. The van der Waals surface area contributed by atoms with E-state index < -0.39 is 10.0 Å². The van der Waals surface area contributed by atoms with E-state index in [1.807, 2.05) is 30.3 Å². The van der Waals surface area contributed by atoms with Crippen molar-refractivity contribution in [3.8, 4) is 0 Å². The van der Waals surface area contributed by atoms with E-state index in [0.29, 0.717) is 19.6 Å². The van der Waals surface area contributed by atoms with Crippen LogP contribution in [-0.4, -0.2) is 20.7 Å². The summed E-state index contributed by atoms with van der Waals surface area (Å²) in [6.45, 7) is 3.57. The molecular formula is C18H24N2O2S. The van der Waals surface area contributed by atoms with Gasteiger partial charge in [-0.25, -0.2) is 13.1 Å². The maximum atomic E-state index is 11.9. The van der Waals surface area contributed by atoms with E-state index in [9.17, 15) is 8.42 Å². The first-order valence-electron chi connectivity index (χ1n) is 7.89. The minimum Gasteiger partial charge on any atom is -0.312 e. The van der Waals surface area contributed by atoms with E-state index in [-0.39, 0.29) is 5.75 Å². The topological polar surface area (TPSA) is 58.2 Å². The largest absolute Gasteiger partial charge is 0.312 e. The smallest absolute Gasteiger partial charge is 0.213 e. The van der Waals surface area contributed by atoms with E-state index in [0.717, 1.165) is 17.5 Å². The maximum absolute atomic E-state index is 11.9. The van der Waals surface area contributed by atoms with Crippen LogP contribution in [-0.2, 0) is 29.5 Å². The first-order chi connectivity index (χ1) is 11.1. The molecule has 4 nitrogen and oxygen atoms in total. The van der Waals surface area contributed by atoms with Crippen molar-refractivity contribution < 1.29 is 8.42 Å². The van der Waals surface area contributed by atoms with Crippen molar-refractivity contribution >= 4 is 10.0 Å². The van der Waals surface area contributed by atoms with Crippen LogP contribution in [0.3, 0.4) is 0 Å². The minimum absolute atomic E-state index is 0.0763. The molecule has 124 valence electrons. The van der Waals surface area contributed by atoms with Gasteiger partial charge in [-0.2, -0.15) is 0 Å². The van der Waals surface area contributed by atoms with Crippen LogP contribution in [0.2, 0.25) is 0 Å². The third-order valence-corrected chi connectivity index (χ3v) is 4.97. The molecule has 0 bridgehead atoms. The van der Waals surface area contributed by atoms with Gasteiger partial charge in [0.15, 0.2) is 0 Å². The van der Waals surface area contributed by atoms with Crippen molar-refractivity contribution in [2.75, 3.05) is 12.3 Å². The summed E-state index contributed by atoms with van der Waals surface area (Å²) in [5.74, 6) is 0.0763. The predicted octanol–water partition coefficient (Wildman–Crippen LogP) is 2.46. The Morgan fingerprint density at radius 2 is 1.43 bits per heavy atom. The molecule has 0 aliphatic rings. The van der Waals surface area contributed by atoms with Crippen LogP contribution >= 0.6 is 0 Å². The van der Waals surface area contributed by atoms with Gasteiger partial charge in [-0.3, -0.25) is 0 Å². The highest BCUT2D eigenvalue weighted by molar-refractivity contribution is 7.89. The van der Waals surface area contributed by atoms with E-state index in [1.165, 1.54) is 5.56 Å². The zero-order valence-corrected chi connectivity index (χ0v) is 14.3. The van der Waals surface area contributed by atoms with Gasteiger partial charge in [0, 0.05) is 19.6 Å². The second-order valence-corrected chi connectivity index (χ2v) is 7.40. The summed E-state index contributed by atoms with van der Waals surface area (Å²) in [5.41, 5.74) is 3.43. The molecule has 0 aliphatic heterocycles. The average molecular weight is 332 g/mol. The van der Waals surface area contributed by atoms with Crippen molar-refractivity contribution in [2.45, 2.75) is 26.4 Å². The van der Waals surface area contributed by atoms with Crippen molar-refractivity contribution in [3.63, 3.8) is 0 Å². The Bertz CT molecular complexity index is 683. The van der Waals surface area contributed by atoms with Gasteiger partial charge in [0.2, 0.25) is 10.0 Å². The van der Waals surface area contributed by atoms with E-state index >= 15 is 0 Å². The molecule has 0 saturated carbocycles. The van der Waals surface area contributed by atoms with Gasteiger partial charge in [0.1, 0.15) is 0 Å². The highest BCUT2D eigenvalue weighted by Crippen LogP contribution is 2.04. The van der Waals surface area contributed by atoms with E-state index in [4.69, 9.17) is 0 Å². The third kappa shape index (κ3) is 6.52. The predicted molar refractivity (Wildman–Crippen MR) is 94.6 cm³/mol. The molecule has 2 aromatic carbocycles. The van der Waals surface area contributed by atoms with Gasteiger partial charge in [-0.05, 0) is 23.1 Å². The molecule has 0 aromatic heterocycles. The second kappa shape index (κ2) is 8.82. The summed E-state index contributed by atoms with van der Waals surface area (Å²) in [7, 11) is -3.26. The van der Waals surface area contributed by atoms with Crippen molar-refractivity contribution in [1.82, 2.24) is 10.0 Å². The Hall–Kier alpha value is -1.69. The second-order valence-electron chi connectivity index (χ2n) is 5.47. The molecule has 0 spiro atoms. The van der Waals surface area contributed by atoms with Gasteiger partial charge in [-0.1, -0.05) is 61.5 Å². The fourth-order valence-electron chi connectivity index (χ4n) is 2.19. The molecule has 2 rings (SSSR count). The number of benzene rings is 2. The molecule has 0 heterocycles. The van der Waals surface area contributed by atoms with Gasteiger partial charge in [-0.15, -0.1) is 0 Å². The van der Waals surface area contributed by atoms with Gasteiger partial charge in [0.05, 0.1) is 5.75 Å². The van der Waals surface area contributed by atoms with Crippen molar-refractivity contribution in [3.05, 3.63) is 71.3 Å². The lowest BCUT2D eigenvalue weighted by molar-refractivity contribution is 0.576.